The summed E-state index contributed by atoms with van der Waals surface area (Å²) < 4.78 is 2.15. The Morgan fingerprint density at radius 1 is 1.23 bits per heavy atom. The molecule has 0 aliphatic heterocycles. The van der Waals surface area contributed by atoms with Gasteiger partial charge in [-0.05, 0) is 55.9 Å². The number of ketones is 1. The molecule has 26 heavy (non-hydrogen) atoms. The molecular formula is C21H25N3O2. The van der Waals surface area contributed by atoms with Crippen molar-refractivity contribution in [3.8, 4) is 5.69 Å². The molecule has 1 aromatic carbocycles. The predicted octanol–water partition coefficient (Wildman–Crippen LogP) is 3.61. The first-order valence-electron chi connectivity index (χ1n) is 9.20. The number of nitrogens with two attached hydrogens (primary N) is 1. The normalized spacial score (nSPS) is 18.5. The first kappa shape index (κ1) is 16.9. The largest absolute Gasteiger partial charge is 0.382 e. The van der Waals surface area contributed by atoms with Gasteiger partial charge in [0, 0.05) is 40.8 Å². The summed E-state index contributed by atoms with van der Waals surface area (Å²) in [6.07, 6.45) is 3.66. The molecule has 1 fully saturated rings. The van der Waals surface area contributed by atoms with Gasteiger partial charge >= 0.3 is 0 Å². The third-order valence-electron chi connectivity index (χ3n) is 5.34. The number of benzene rings is 1. The second kappa shape index (κ2) is 5.73. The highest BCUT2D eigenvalue weighted by Crippen LogP contribution is 2.38. The van der Waals surface area contributed by atoms with Crippen LogP contribution >= 0.6 is 0 Å². The van der Waals surface area contributed by atoms with Crippen LogP contribution in [0, 0.1) is 12.3 Å². The molecule has 1 amide bonds. The summed E-state index contributed by atoms with van der Waals surface area (Å²) in [7, 11) is 0. The highest BCUT2D eigenvalue weighted by atomic mass is 16.1. The molecule has 0 saturated heterocycles. The average molecular weight is 351 g/mol. The van der Waals surface area contributed by atoms with Crippen LogP contribution in [0.3, 0.4) is 0 Å². The Labute approximate surface area is 153 Å². The molecule has 0 radical (unpaired) electrons. The second-order valence-corrected chi connectivity index (χ2v) is 8.44. The van der Waals surface area contributed by atoms with Crippen LogP contribution in [0.25, 0.3) is 5.69 Å². The molecular weight excluding hydrogens is 326 g/mol. The molecule has 2 aliphatic carbocycles. The van der Waals surface area contributed by atoms with Crippen LogP contribution < -0.4 is 11.1 Å². The van der Waals surface area contributed by atoms with E-state index in [1.165, 1.54) is 0 Å². The third-order valence-corrected chi connectivity index (χ3v) is 5.34. The number of carbonyl (C=O) groups is 2. The van der Waals surface area contributed by atoms with Gasteiger partial charge in [0.15, 0.2) is 5.78 Å². The highest BCUT2D eigenvalue weighted by Gasteiger charge is 2.34. The number of fused-ring (bicyclic) bond motifs is 1. The minimum absolute atomic E-state index is 0.0467. The van der Waals surface area contributed by atoms with Gasteiger partial charge in [0.2, 0.25) is 0 Å². The van der Waals surface area contributed by atoms with Crippen LogP contribution in [0.4, 0.5) is 5.69 Å². The summed E-state index contributed by atoms with van der Waals surface area (Å²) in [6.45, 7) is 6.29. The van der Waals surface area contributed by atoms with Crippen molar-refractivity contribution < 1.29 is 9.59 Å². The number of hydrogen-bond donors (Lipinski definition) is 2. The van der Waals surface area contributed by atoms with E-state index in [1.807, 2.05) is 25.1 Å². The van der Waals surface area contributed by atoms with Crippen LogP contribution in [-0.2, 0) is 6.42 Å². The maximum Gasteiger partial charge on any atom is 0.250 e. The Balaban J connectivity index is 1.83. The Kier molecular flexibility index (Phi) is 3.72. The fraction of sp³-hybridized carbons (Fsp3) is 0.429. The third kappa shape index (κ3) is 2.91. The summed E-state index contributed by atoms with van der Waals surface area (Å²) in [4.78, 5) is 24.4. The topological polar surface area (TPSA) is 77.1 Å². The van der Waals surface area contributed by atoms with Gasteiger partial charge in [0.25, 0.3) is 5.91 Å². The lowest BCUT2D eigenvalue weighted by atomic mass is 9.76. The number of nitrogens with zero attached hydrogens (tertiary/aromatic N) is 1. The van der Waals surface area contributed by atoms with Crippen LogP contribution in [0.2, 0.25) is 0 Å². The van der Waals surface area contributed by atoms with Gasteiger partial charge in [-0.2, -0.15) is 0 Å². The van der Waals surface area contributed by atoms with Gasteiger partial charge in [0.05, 0.1) is 5.56 Å². The summed E-state index contributed by atoms with van der Waals surface area (Å²) in [5.74, 6) is -0.217. The van der Waals surface area contributed by atoms with E-state index in [4.69, 9.17) is 5.73 Å². The van der Waals surface area contributed by atoms with Gasteiger partial charge in [-0.1, -0.05) is 13.8 Å². The van der Waals surface area contributed by atoms with Crippen molar-refractivity contribution in [1.82, 2.24) is 4.57 Å². The van der Waals surface area contributed by atoms with Crippen molar-refractivity contribution in [3.05, 3.63) is 46.8 Å². The van der Waals surface area contributed by atoms with Crippen molar-refractivity contribution >= 4 is 17.4 Å². The van der Waals surface area contributed by atoms with E-state index in [-0.39, 0.29) is 11.2 Å². The number of aryl methyl sites for hydroxylation is 1. The van der Waals surface area contributed by atoms with Crippen molar-refractivity contribution in [2.45, 2.75) is 52.5 Å². The van der Waals surface area contributed by atoms with Crippen LogP contribution in [0.15, 0.2) is 24.3 Å². The number of rotatable bonds is 4. The van der Waals surface area contributed by atoms with Crippen molar-refractivity contribution in [3.63, 3.8) is 0 Å². The first-order chi connectivity index (χ1) is 12.2. The average Bonchev–Trinajstić information content (AvgIpc) is 3.28. The molecule has 0 atom stereocenters. The minimum atomic E-state index is -0.428. The van der Waals surface area contributed by atoms with Gasteiger partial charge in [0.1, 0.15) is 0 Å². The molecule has 0 bridgehead atoms. The summed E-state index contributed by atoms with van der Waals surface area (Å²) in [5.41, 5.74) is 10.7. The van der Waals surface area contributed by atoms with E-state index in [0.717, 1.165) is 47.6 Å². The number of hydrogen-bond acceptors (Lipinski definition) is 3. The van der Waals surface area contributed by atoms with Crippen molar-refractivity contribution in [2.75, 3.05) is 5.32 Å². The predicted molar refractivity (Wildman–Crippen MR) is 102 cm³/mol. The number of primary amides is 1. The smallest absolute Gasteiger partial charge is 0.250 e. The van der Waals surface area contributed by atoms with E-state index < -0.39 is 5.91 Å². The Morgan fingerprint density at radius 3 is 2.62 bits per heavy atom. The molecule has 2 aliphatic rings. The molecule has 3 N–H and O–H groups in total. The van der Waals surface area contributed by atoms with Gasteiger partial charge in [-0.3, -0.25) is 9.59 Å². The number of Topliss-reactive ketones (excluding diaryl/α,β-unsaturated/α-hetero) is 1. The number of amides is 1. The minimum Gasteiger partial charge on any atom is -0.382 e. The van der Waals surface area contributed by atoms with Gasteiger partial charge < -0.3 is 15.6 Å². The molecule has 4 rings (SSSR count). The monoisotopic (exact) mass is 351 g/mol. The van der Waals surface area contributed by atoms with Crippen molar-refractivity contribution in [1.29, 1.82) is 0 Å². The maximum absolute atomic E-state index is 12.6. The second-order valence-electron chi connectivity index (χ2n) is 8.44. The quantitative estimate of drug-likeness (QED) is 0.883. The number of nitrogens with one attached hydrogen (secondary N) is 1. The van der Waals surface area contributed by atoms with E-state index in [9.17, 15) is 9.59 Å². The molecule has 5 nitrogen and oxygen atoms in total. The standard InChI is InChI=1S/C21H25N3O2/c1-12-8-16-18(10-21(2,3)11-19(16)25)24(12)14-6-7-15(20(22)26)17(9-14)23-13-4-5-13/h6-9,13,23H,4-5,10-11H2,1-3H3,(H2,22,26). The lowest BCUT2D eigenvalue weighted by Crippen LogP contribution is -2.27. The Bertz CT molecular complexity index is 920. The number of anilines is 1. The van der Waals surface area contributed by atoms with E-state index in [0.29, 0.717) is 18.0 Å². The molecule has 5 heteroatoms. The summed E-state index contributed by atoms with van der Waals surface area (Å²) >= 11 is 0. The van der Waals surface area contributed by atoms with Crippen molar-refractivity contribution in [2.24, 2.45) is 11.1 Å². The Morgan fingerprint density at radius 2 is 1.96 bits per heavy atom. The zero-order valence-electron chi connectivity index (χ0n) is 15.6. The van der Waals surface area contributed by atoms with E-state index in [2.05, 4.69) is 23.7 Å². The molecule has 2 aromatic rings. The van der Waals surface area contributed by atoms with Gasteiger partial charge in [-0.15, -0.1) is 0 Å². The molecule has 136 valence electrons. The molecule has 1 saturated carbocycles. The zero-order valence-corrected chi connectivity index (χ0v) is 15.6. The van der Waals surface area contributed by atoms with E-state index in [1.54, 1.807) is 6.07 Å². The molecule has 0 spiro atoms. The summed E-state index contributed by atoms with van der Waals surface area (Å²) in [5, 5.41) is 3.41. The van der Waals surface area contributed by atoms with Crippen LogP contribution in [0.1, 0.15) is 65.2 Å². The lowest BCUT2D eigenvalue weighted by molar-refractivity contribution is 0.0910. The van der Waals surface area contributed by atoms with Crippen LogP contribution in [0.5, 0.6) is 0 Å². The van der Waals surface area contributed by atoms with Gasteiger partial charge in [-0.25, -0.2) is 0 Å². The molecule has 0 unspecified atom stereocenters. The molecule has 1 aromatic heterocycles. The van der Waals surface area contributed by atoms with Crippen LogP contribution in [-0.4, -0.2) is 22.3 Å². The maximum atomic E-state index is 12.6. The Hall–Kier alpha value is -2.56. The van der Waals surface area contributed by atoms with E-state index >= 15 is 0 Å². The number of aromatic nitrogens is 1. The molecule has 1 heterocycles. The highest BCUT2D eigenvalue weighted by molar-refractivity contribution is 6.00. The zero-order chi connectivity index (χ0) is 18.6. The fourth-order valence-corrected chi connectivity index (χ4v) is 3.96. The fourth-order valence-electron chi connectivity index (χ4n) is 3.96. The number of carbonyl (C=O) groups excluding carboxylic acids is 2. The summed E-state index contributed by atoms with van der Waals surface area (Å²) in [6, 6.07) is 8.09. The lowest BCUT2D eigenvalue weighted by Gasteiger charge is -2.30. The SMILES string of the molecule is Cc1cc2c(n1-c1ccc(C(N)=O)c(NC3CC3)c1)CC(C)(C)CC2=O. The first-order valence-corrected chi connectivity index (χ1v) is 9.20.